The van der Waals surface area contributed by atoms with E-state index in [2.05, 4.69) is 25.2 Å². The maximum Gasteiger partial charge on any atom is 0.270 e. The fourth-order valence-electron chi connectivity index (χ4n) is 2.90. The average molecular weight is 325 g/mol. The first-order chi connectivity index (χ1) is 11.7. The summed E-state index contributed by atoms with van der Waals surface area (Å²) in [6, 6.07) is 5.57. The molecule has 6 nitrogen and oxygen atoms in total. The smallest absolute Gasteiger partial charge is 0.270 e. The van der Waals surface area contributed by atoms with E-state index >= 15 is 0 Å². The fraction of sp³-hybridized carbons (Fsp3) is 0.444. The first-order valence-electron chi connectivity index (χ1n) is 8.50. The van der Waals surface area contributed by atoms with Gasteiger partial charge in [-0.15, -0.1) is 0 Å². The molecular weight excluding hydrogens is 302 g/mol. The summed E-state index contributed by atoms with van der Waals surface area (Å²) in [5.41, 5.74) is 1.44. The summed E-state index contributed by atoms with van der Waals surface area (Å²) in [6.07, 6.45) is 8.31. The van der Waals surface area contributed by atoms with Crippen LogP contribution in [0.4, 0.5) is 5.82 Å². The molecule has 6 heteroatoms. The standard InChI is InChI=1S/C18H23N5O/c1-14-21-16(18(24)20-13-15-6-8-19-9-7-15)12-17(22-14)23-10-4-2-3-5-11-23/h6-9,12H,2-5,10-11,13H2,1H3,(H,20,24). The van der Waals surface area contributed by atoms with Gasteiger partial charge in [-0.2, -0.15) is 0 Å². The Morgan fingerprint density at radius 3 is 2.54 bits per heavy atom. The van der Waals surface area contributed by atoms with Crippen molar-refractivity contribution in [2.75, 3.05) is 18.0 Å². The maximum atomic E-state index is 12.4. The molecule has 3 rings (SSSR count). The van der Waals surface area contributed by atoms with Crippen molar-refractivity contribution in [1.82, 2.24) is 20.3 Å². The molecule has 2 aromatic heterocycles. The molecule has 1 saturated heterocycles. The summed E-state index contributed by atoms with van der Waals surface area (Å²) >= 11 is 0. The second kappa shape index (κ2) is 7.86. The molecule has 0 atom stereocenters. The predicted molar refractivity (Wildman–Crippen MR) is 92.9 cm³/mol. The minimum Gasteiger partial charge on any atom is -0.356 e. The van der Waals surface area contributed by atoms with E-state index in [1.54, 1.807) is 18.5 Å². The number of aryl methyl sites for hydroxylation is 1. The fourth-order valence-corrected chi connectivity index (χ4v) is 2.90. The maximum absolute atomic E-state index is 12.4. The Bertz CT molecular complexity index is 681. The van der Waals surface area contributed by atoms with Crippen molar-refractivity contribution in [2.45, 2.75) is 39.2 Å². The Morgan fingerprint density at radius 2 is 1.83 bits per heavy atom. The molecular formula is C18H23N5O. The van der Waals surface area contributed by atoms with Gasteiger partial charge in [0.25, 0.3) is 5.91 Å². The molecule has 0 spiro atoms. The van der Waals surface area contributed by atoms with Crippen molar-refractivity contribution in [3.05, 3.63) is 47.7 Å². The molecule has 1 amide bonds. The molecule has 1 N–H and O–H groups in total. The van der Waals surface area contributed by atoms with Crippen LogP contribution in [0, 0.1) is 6.92 Å². The number of aromatic nitrogens is 3. The van der Waals surface area contributed by atoms with Crippen LogP contribution < -0.4 is 10.2 Å². The molecule has 0 unspecified atom stereocenters. The first kappa shape index (κ1) is 16.4. The van der Waals surface area contributed by atoms with Crippen LogP contribution in [0.2, 0.25) is 0 Å². The number of nitrogens with zero attached hydrogens (tertiary/aromatic N) is 4. The van der Waals surface area contributed by atoms with Gasteiger partial charge in [-0.3, -0.25) is 9.78 Å². The molecule has 3 heterocycles. The van der Waals surface area contributed by atoms with E-state index in [0.717, 1.165) is 24.5 Å². The highest BCUT2D eigenvalue weighted by atomic mass is 16.1. The third-order valence-electron chi connectivity index (χ3n) is 4.19. The number of nitrogens with one attached hydrogen (secondary N) is 1. The van der Waals surface area contributed by atoms with E-state index in [0.29, 0.717) is 18.1 Å². The van der Waals surface area contributed by atoms with E-state index in [9.17, 15) is 4.79 Å². The van der Waals surface area contributed by atoms with E-state index < -0.39 is 0 Å². The molecule has 1 fully saturated rings. The molecule has 0 aliphatic carbocycles. The zero-order valence-electron chi connectivity index (χ0n) is 14.0. The van der Waals surface area contributed by atoms with E-state index in [1.807, 2.05) is 19.1 Å². The Labute approximate surface area is 142 Å². The number of anilines is 1. The van der Waals surface area contributed by atoms with Crippen molar-refractivity contribution < 1.29 is 4.79 Å². The minimum absolute atomic E-state index is 0.173. The lowest BCUT2D eigenvalue weighted by atomic mass is 10.2. The summed E-state index contributed by atoms with van der Waals surface area (Å²) in [7, 11) is 0. The summed E-state index contributed by atoms with van der Waals surface area (Å²) in [4.78, 5) is 27.5. The largest absolute Gasteiger partial charge is 0.356 e. The van der Waals surface area contributed by atoms with Gasteiger partial charge in [0, 0.05) is 38.1 Å². The Balaban J connectivity index is 1.71. The average Bonchev–Trinajstić information content (AvgIpc) is 2.89. The van der Waals surface area contributed by atoms with Gasteiger partial charge in [-0.25, -0.2) is 9.97 Å². The lowest BCUT2D eigenvalue weighted by Crippen LogP contribution is -2.28. The van der Waals surface area contributed by atoms with Gasteiger partial charge in [0.05, 0.1) is 0 Å². The molecule has 126 valence electrons. The van der Waals surface area contributed by atoms with E-state index in [4.69, 9.17) is 0 Å². The highest BCUT2D eigenvalue weighted by molar-refractivity contribution is 5.92. The van der Waals surface area contributed by atoms with Crippen LogP contribution in [-0.4, -0.2) is 33.9 Å². The topological polar surface area (TPSA) is 71.0 Å². The highest BCUT2D eigenvalue weighted by Gasteiger charge is 2.16. The Morgan fingerprint density at radius 1 is 1.12 bits per heavy atom. The number of amides is 1. The van der Waals surface area contributed by atoms with Crippen molar-refractivity contribution in [1.29, 1.82) is 0 Å². The van der Waals surface area contributed by atoms with Crippen LogP contribution in [0.25, 0.3) is 0 Å². The summed E-state index contributed by atoms with van der Waals surface area (Å²) < 4.78 is 0. The highest BCUT2D eigenvalue weighted by Crippen LogP contribution is 2.18. The monoisotopic (exact) mass is 325 g/mol. The summed E-state index contributed by atoms with van der Waals surface area (Å²) in [5.74, 6) is 1.32. The second-order valence-corrected chi connectivity index (χ2v) is 6.10. The molecule has 0 aromatic carbocycles. The molecule has 0 saturated carbocycles. The van der Waals surface area contributed by atoms with Crippen LogP contribution in [-0.2, 0) is 6.54 Å². The van der Waals surface area contributed by atoms with Gasteiger partial charge in [0.15, 0.2) is 0 Å². The third-order valence-corrected chi connectivity index (χ3v) is 4.19. The number of pyridine rings is 1. The zero-order chi connectivity index (χ0) is 16.8. The first-order valence-corrected chi connectivity index (χ1v) is 8.50. The van der Waals surface area contributed by atoms with Crippen LogP contribution >= 0.6 is 0 Å². The Hall–Kier alpha value is -2.50. The lowest BCUT2D eigenvalue weighted by molar-refractivity contribution is 0.0945. The zero-order valence-corrected chi connectivity index (χ0v) is 14.0. The van der Waals surface area contributed by atoms with E-state index in [-0.39, 0.29) is 5.91 Å². The van der Waals surface area contributed by atoms with Crippen molar-refractivity contribution in [2.24, 2.45) is 0 Å². The SMILES string of the molecule is Cc1nc(C(=O)NCc2ccncc2)cc(N2CCCCCC2)n1. The van der Waals surface area contributed by atoms with Gasteiger partial charge in [0.1, 0.15) is 17.3 Å². The Kier molecular flexibility index (Phi) is 5.36. The number of rotatable bonds is 4. The number of hydrogen-bond acceptors (Lipinski definition) is 5. The summed E-state index contributed by atoms with van der Waals surface area (Å²) in [5, 5.41) is 2.91. The van der Waals surface area contributed by atoms with Crippen LogP contribution in [0.3, 0.4) is 0 Å². The summed E-state index contributed by atoms with van der Waals surface area (Å²) in [6.45, 7) is 4.29. The van der Waals surface area contributed by atoms with Gasteiger partial charge in [-0.1, -0.05) is 12.8 Å². The third kappa shape index (κ3) is 4.28. The molecule has 0 radical (unpaired) electrons. The lowest BCUT2D eigenvalue weighted by Gasteiger charge is -2.22. The predicted octanol–water partition coefficient (Wildman–Crippen LogP) is 2.49. The van der Waals surface area contributed by atoms with Gasteiger partial charge in [0.2, 0.25) is 0 Å². The van der Waals surface area contributed by atoms with Crippen molar-refractivity contribution >= 4 is 11.7 Å². The molecule has 1 aliphatic heterocycles. The number of hydrogen-bond donors (Lipinski definition) is 1. The molecule has 2 aromatic rings. The minimum atomic E-state index is -0.173. The molecule has 1 aliphatic rings. The second-order valence-electron chi connectivity index (χ2n) is 6.10. The van der Waals surface area contributed by atoms with Crippen molar-refractivity contribution in [3.63, 3.8) is 0 Å². The van der Waals surface area contributed by atoms with Gasteiger partial charge >= 0.3 is 0 Å². The van der Waals surface area contributed by atoms with E-state index in [1.165, 1.54) is 25.7 Å². The van der Waals surface area contributed by atoms with Crippen molar-refractivity contribution in [3.8, 4) is 0 Å². The number of carbonyl (C=O) groups is 1. The van der Waals surface area contributed by atoms with Crippen LogP contribution in [0.5, 0.6) is 0 Å². The molecule has 24 heavy (non-hydrogen) atoms. The molecule has 0 bridgehead atoms. The number of carbonyl (C=O) groups excluding carboxylic acids is 1. The normalized spacial score (nSPS) is 15.0. The van der Waals surface area contributed by atoms with Crippen LogP contribution in [0.1, 0.15) is 47.6 Å². The van der Waals surface area contributed by atoms with Gasteiger partial charge < -0.3 is 10.2 Å². The quantitative estimate of drug-likeness (QED) is 0.935. The van der Waals surface area contributed by atoms with Crippen LogP contribution in [0.15, 0.2) is 30.6 Å². The van der Waals surface area contributed by atoms with Gasteiger partial charge in [-0.05, 0) is 37.5 Å².